The zero-order valence-corrected chi connectivity index (χ0v) is 12.5. The number of rotatable bonds is 14. The minimum absolute atomic E-state index is 0.0220. The molecule has 0 saturated heterocycles. The van der Waals surface area contributed by atoms with Crippen LogP contribution in [-0.2, 0) is 27.9 Å². The van der Waals surface area contributed by atoms with Crippen molar-refractivity contribution >= 4 is 13.8 Å². The van der Waals surface area contributed by atoms with Crippen molar-refractivity contribution < 1.29 is 37.9 Å². The van der Waals surface area contributed by atoms with Crippen molar-refractivity contribution in [3.05, 3.63) is 0 Å². The van der Waals surface area contributed by atoms with E-state index < -0.39 is 13.8 Å². The lowest BCUT2D eigenvalue weighted by atomic mass is 10.4. The quantitative estimate of drug-likeness (QED) is 0.366. The Morgan fingerprint density at radius 2 is 1.55 bits per heavy atom. The normalized spacial score (nSPS) is 14.1. The van der Waals surface area contributed by atoms with Crippen LogP contribution in [0.5, 0.6) is 0 Å². The van der Waals surface area contributed by atoms with Gasteiger partial charge in [0.25, 0.3) is 0 Å². The number of unbranched alkanes of at least 4 members (excludes halogenated alkanes) is 1. The summed E-state index contributed by atoms with van der Waals surface area (Å²) in [5.74, 6) is -0.967. The highest BCUT2D eigenvalue weighted by Crippen LogP contribution is 2.42. The fourth-order valence-electron chi connectivity index (χ4n) is 1.07. The Kier molecular flexibility index (Phi) is 12.0. The van der Waals surface area contributed by atoms with Crippen molar-refractivity contribution in [2.45, 2.75) is 26.2 Å². The molecule has 1 unspecified atom stereocenters. The topological polar surface area (TPSA) is 112 Å². The maximum absolute atomic E-state index is 11.3. The molecular formula is C11H23O8P. The molecule has 0 aromatic carbocycles. The summed E-state index contributed by atoms with van der Waals surface area (Å²) in [5, 5.41) is 8.35. The molecule has 0 rings (SSSR count). The molecule has 8 nitrogen and oxygen atoms in total. The molecule has 120 valence electrons. The molecule has 0 aliphatic heterocycles. The monoisotopic (exact) mass is 314 g/mol. The van der Waals surface area contributed by atoms with Crippen LogP contribution < -0.4 is 0 Å². The van der Waals surface area contributed by atoms with E-state index in [2.05, 4.69) is 9.05 Å². The average Bonchev–Trinajstić information content (AvgIpc) is 2.37. The number of hydrogen-bond donors (Lipinski definition) is 2. The van der Waals surface area contributed by atoms with Gasteiger partial charge in [-0.25, -0.2) is 4.57 Å². The minimum Gasteiger partial charge on any atom is -0.481 e. The third kappa shape index (κ3) is 13.9. The Hall–Kier alpha value is -0.500. The largest absolute Gasteiger partial charge is 0.481 e. The molecular weight excluding hydrogens is 291 g/mol. The Bertz CT molecular complexity index is 296. The van der Waals surface area contributed by atoms with Crippen LogP contribution in [0.15, 0.2) is 0 Å². The van der Waals surface area contributed by atoms with Crippen LogP contribution >= 0.6 is 7.82 Å². The fraction of sp³-hybridized carbons (Fsp3) is 0.909. The summed E-state index contributed by atoms with van der Waals surface area (Å²) < 4.78 is 30.7. The molecule has 0 aromatic heterocycles. The van der Waals surface area contributed by atoms with Gasteiger partial charge in [0.15, 0.2) is 0 Å². The van der Waals surface area contributed by atoms with E-state index >= 15 is 0 Å². The standard InChI is InChI=1S/C11H23O8P/c1-2-3-5-16-7-9-18-20(14,15)19-10-8-17-6-4-11(12)13/h2-10H2,1H3,(H,12,13)(H,14,15). The molecule has 0 aliphatic carbocycles. The lowest BCUT2D eigenvalue weighted by Crippen LogP contribution is -2.09. The van der Waals surface area contributed by atoms with Crippen LogP contribution in [0.1, 0.15) is 26.2 Å². The van der Waals surface area contributed by atoms with Gasteiger partial charge in [-0.1, -0.05) is 13.3 Å². The summed E-state index contributed by atoms with van der Waals surface area (Å²) in [6.07, 6.45) is 1.83. The third-order valence-corrected chi connectivity index (χ3v) is 3.08. The number of ether oxygens (including phenoxy) is 2. The SMILES string of the molecule is CCCCOCCOP(=O)(O)OCCOCCC(=O)O. The summed E-state index contributed by atoms with van der Waals surface area (Å²) in [6.45, 7) is 2.72. The van der Waals surface area contributed by atoms with E-state index in [1.54, 1.807) is 0 Å². The molecule has 20 heavy (non-hydrogen) atoms. The molecule has 0 heterocycles. The number of aliphatic carboxylic acids is 1. The molecule has 0 aliphatic rings. The summed E-state index contributed by atoms with van der Waals surface area (Å²) in [7, 11) is -4.09. The van der Waals surface area contributed by atoms with Crippen molar-refractivity contribution in [3.63, 3.8) is 0 Å². The smallest absolute Gasteiger partial charge is 0.472 e. The van der Waals surface area contributed by atoms with Crippen molar-refractivity contribution in [2.75, 3.05) is 39.6 Å². The second-order valence-electron chi connectivity index (χ2n) is 3.86. The lowest BCUT2D eigenvalue weighted by molar-refractivity contribution is -0.138. The Morgan fingerprint density at radius 1 is 1.00 bits per heavy atom. The van der Waals surface area contributed by atoms with Crippen LogP contribution in [0.3, 0.4) is 0 Å². The lowest BCUT2D eigenvalue weighted by Gasteiger charge is -2.12. The predicted octanol–water partition coefficient (Wildman–Crippen LogP) is 1.43. The van der Waals surface area contributed by atoms with E-state index in [0.29, 0.717) is 6.61 Å². The Labute approximate surface area is 118 Å². The number of carboxylic acids is 1. The van der Waals surface area contributed by atoms with Gasteiger partial charge in [0, 0.05) is 6.61 Å². The van der Waals surface area contributed by atoms with Gasteiger partial charge < -0.3 is 19.5 Å². The first-order valence-electron chi connectivity index (χ1n) is 6.47. The van der Waals surface area contributed by atoms with Gasteiger partial charge in [-0.2, -0.15) is 0 Å². The molecule has 2 N–H and O–H groups in total. The molecule has 0 spiro atoms. The van der Waals surface area contributed by atoms with Crippen LogP contribution in [0.25, 0.3) is 0 Å². The highest BCUT2D eigenvalue weighted by molar-refractivity contribution is 7.47. The number of carbonyl (C=O) groups is 1. The molecule has 0 saturated carbocycles. The minimum atomic E-state index is -4.09. The average molecular weight is 314 g/mol. The van der Waals surface area contributed by atoms with Gasteiger partial charge in [0.2, 0.25) is 0 Å². The molecule has 0 bridgehead atoms. The van der Waals surface area contributed by atoms with Gasteiger partial charge in [-0.05, 0) is 6.42 Å². The first-order valence-corrected chi connectivity index (χ1v) is 7.96. The summed E-state index contributed by atoms with van der Waals surface area (Å²) in [5.41, 5.74) is 0. The van der Waals surface area contributed by atoms with Crippen molar-refractivity contribution in [2.24, 2.45) is 0 Å². The highest BCUT2D eigenvalue weighted by Gasteiger charge is 2.20. The van der Waals surface area contributed by atoms with E-state index in [4.69, 9.17) is 14.6 Å². The van der Waals surface area contributed by atoms with Gasteiger partial charge in [-0.15, -0.1) is 0 Å². The molecule has 1 atom stereocenters. The van der Waals surface area contributed by atoms with Gasteiger partial charge in [0.05, 0.1) is 39.5 Å². The summed E-state index contributed by atoms with van der Waals surface area (Å²) >= 11 is 0. The van der Waals surface area contributed by atoms with Crippen LogP contribution in [0, 0.1) is 0 Å². The summed E-state index contributed by atoms with van der Waals surface area (Å²) in [4.78, 5) is 19.4. The zero-order valence-electron chi connectivity index (χ0n) is 11.7. The second-order valence-corrected chi connectivity index (χ2v) is 5.31. The maximum atomic E-state index is 11.3. The molecule has 9 heteroatoms. The number of carboxylic acid groups (broad SMARTS) is 1. The maximum Gasteiger partial charge on any atom is 0.472 e. The molecule has 0 radical (unpaired) electrons. The van der Waals surface area contributed by atoms with E-state index in [-0.39, 0.29) is 39.5 Å². The van der Waals surface area contributed by atoms with Crippen LogP contribution in [0.2, 0.25) is 0 Å². The van der Waals surface area contributed by atoms with Crippen molar-refractivity contribution in [3.8, 4) is 0 Å². The zero-order chi connectivity index (χ0) is 15.3. The van der Waals surface area contributed by atoms with E-state index in [0.717, 1.165) is 12.8 Å². The molecule has 0 fully saturated rings. The molecule has 0 aromatic rings. The van der Waals surface area contributed by atoms with Gasteiger partial charge in [0.1, 0.15) is 0 Å². The second kappa shape index (κ2) is 12.3. The van der Waals surface area contributed by atoms with Gasteiger partial charge in [-0.3, -0.25) is 13.8 Å². The fourth-order valence-corrected chi connectivity index (χ4v) is 1.76. The van der Waals surface area contributed by atoms with E-state index in [1.165, 1.54) is 0 Å². The number of phosphoric ester groups is 1. The highest BCUT2D eigenvalue weighted by atomic mass is 31.2. The van der Waals surface area contributed by atoms with Crippen molar-refractivity contribution in [1.29, 1.82) is 0 Å². The van der Waals surface area contributed by atoms with Crippen LogP contribution in [-0.4, -0.2) is 55.6 Å². The Balaban J connectivity index is 3.44. The van der Waals surface area contributed by atoms with Crippen molar-refractivity contribution in [1.82, 2.24) is 0 Å². The van der Waals surface area contributed by atoms with Gasteiger partial charge >= 0.3 is 13.8 Å². The first-order chi connectivity index (χ1) is 9.48. The third-order valence-electron chi connectivity index (χ3n) is 2.07. The summed E-state index contributed by atoms with van der Waals surface area (Å²) in [6, 6.07) is 0. The van der Waals surface area contributed by atoms with Crippen LogP contribution in [0.4, 0.5) is 0 Å². The predicted molar refractivity (Wildman–Crippen MR) is 70.5 cm³/mol. The number of phosphoric acid groups is 1. The number of hydrogen-bond acceptors (Lipinski definition) is 6. The first kappa shape index (κ1) is 19.5. The molecule has 0 amide bonds. The van der Waals surface area contributed by atoms with E-state index in [1.807, 2.05) is 6.92 Å². The van der Waals surface area contributed by atoms with E-state index in [9.17, 15) is 14.3 Å². The Morgan fingerprint density at radius 3 is 2.05 bits per heavy atom.